The summed E-state index contributed by atoms with van der Waals surface area (Å²) in [5.74, 6) is -2.79. The molecule has 3 fully saturated rings. The van der Waals surface area contributed by atoms with Gasteiger partial charge in [0, 0.05) is 25.2 Å². The molecule has 5 rings (SSSR count). The Labute approximate surface area is 261 Å². The summed E-state index contributed by atoms with van der Waals surface area (Å²) < 4.78 is 25.5. The fourth-order valence-electron chi connectivity index (χ4n) is 7.69. The van der Waals surface area contributed by atoms with Crippen molar-refractivity contribution >= 4 is 11.8 Å². The van der Waals surface area contributed by atoms with Crippen LogP contribution in [0, 0.1) is 23.7 Å². The summed E-state index contributed by atoms with van der Waals surface area (Å²) in [5, 5.41) is 23.3. The number of rotatable bonds is 2. The number of Topliss-reactive ketones (excluding diaryl/α,β-unsaturated/α-hetero) is 1. The van der Waals surface area contributed by atoms with Crippen LogP contribution >= 0.6 is 0 Å². The second kappa shape index (κ2) is 12.8. The van der Waals surface area contributed by atoms with E-state index in [1.807, 2.05) is 19.9 Å². The first kappa shape index (κ1) is 33.0. The lowest BCUT2D eigenvalue weighted by Crippen LogP contribution is -2.59. The molecular weight excluding hydrogens is 560 g/mol. The van der Waals surface area contributed by atoms with Gasteiger partial charge in [-0.2, -0.15) is 0 Å². The summed E-state index contributed by atoms with van der Waals surface area (Å²) in [5.41, 5.74) is 1.26. The monoisotopic (exact) mass is 610 g/mol. The van der Waals surface area contributed by atoms with Crippen LogP contribution in [0.3, 0.4) is 0 Å². The molecule has 4 aliphatic heterocycles. The van der Waals surface area contributed by atoms with Crippen molar-refractivity contribution in [2.24, 2.45) is 23.7 Å². The lowest BCUT2D eigenvalue weighted by atomic mass is 9.71. The third-order valence-electron chi connectivity index (χ3n) is 9.92. The molecule has 44 heavy (non-hydrogen) atoms. The summed E-state index contributed by atoms with van der Waals surface area (Å²) in [6, 6.07) is 0. The number of allylic oxidation sites excluding steroid dienone is 5. The molecule has 0 aromatic rings. The van der Waals surface area contributed by atoms with E-state index in [4.69, 9.17) is 18.9 Å². The fourth-order valence-corrected chi connectivity index (χ4v) is 7.69. The number of hydrogen-bond acceptors (Lipinski definition) is 8. The molecule has 8 heteroatoms. The highest BCUT2D eigenvalue weighted by Gasteiger charge is 2.60. The van der Waals surface area contributed by atoms with Gasteiger partial charge < -0.3 is 29.2 Å². The Morgan fingerprint density at radius 3 is 2.59 bits per heavy atom. The minimum Gasteiger partial charge on any atom is -0.462 e. The van der Waals surface area contributed by atoms with Gasteiger partial charge >= 0.3 is 5.97 Å². The zero-order valence-electron chi connectivity index (χ0n) is 27.2. The predicted octanol–water partition coefficient (Wildman–Crippen LogP) is 5.30. The largest absolute Gasteiger partial charge is 0.462 e. The molecule has 3 saturated heterocycles. The zero-order valence-corrected chi connectivity index (χ0v) is 27.2. The Balaban J connectivity index is 1.53. The number of hydrogen-bond donors (Lipinski definition) is 2. The van der Waals surface area contributed by atoms with E-state index in [1.54, 1.807) is 13.0 Å². The van der Waals surface area contributed by atoms with Crippen LogP contribution in [0.4, 0.5) is 0 Å². The van der Waals surface area contributed by atoms with E-state index in [1.165, 1.54) is 11.6 Å². The number of fused-ring (bicyclic) bond motifs is 2. The number of ketones is 1. The van der Waals surface area contributed by atoms with Gasteiger partial charge in [-0.15, -0.1) is 0 Å². The van der Waals surface area contributed by atoms with Gasteiger partial charge in [0.25, 0.3) is 0 Å². The number of aliphatic hydroxyl groups excluding tert-OH is 1. The quantitative estimate of drug-likeness (QED) is 0.320. The standard InChI is InChI=1S/C36H50O8/c1-20(2)13-24(6)32-25(7)30(37)18-35(44-32)17-28-16-27(43-35)12-11-22(4)14-21(3)9-8-10-26-19-41-33-31(38)23(5)15-29(34(39)42-28)36(26,33)40/h8-11,13,15,20-21,25,27-30,32-33,37,40H,12,14,16-19H2,1-7H3/b9-8+,22-11+,24-13+,26-10+/t21-,25-,27+,28-,29-,30-,32+,33?,35-,36+/m0/s1. The number of carbonyl (C=O) groups excluding carboxylic acids is 2. The maximum atomic E-state index is 14.0. The van der Waals surface area contributed by atoms with Crippen molar-refractivity contribution in [1.82, 2.24) is 0 Å². The van der Waals surface area contributed by atoms with E-state index in [-0.39, 0.29) is 49.3 Å². The highest BCUT2D eigenvalue weighted by atomic mass is 16.7. The average Bonchev–Trinajstić information content (AvgIpc) is 3.27. The first-order chi connectivity index (χ1) is 20.7. The minimum absolute atomic E-state index is 0.0481. The smallest absolute Gasteiger partial charge is 0.316 e. The molecule has 4 heterocycles. The van der Waals surface area contributed by atoms with Crippen LogP contribution in [-0.2, 0) is 28.5 Å². The molecule has 0 aromatic heterocycles. The van der Waals surface area contributed by atoms with Crippen LogP contribution in [0.25, 0.3) is 0 Å². The Hall–Kier alpha value is -2.36. The van der Waals surface area contributed by atoms with Crippen LogP contribution < -0.4 is 0 Å². The van der Waals surface area contributed by atoms with Crippen molar-refractivity contribution < 1.29 is 38.7 Å². The SMILES string of the molecule is CC1=C[C@H]2C(=O)O[C@H]3C[C@@H](C/C=C(\C)C[C@@H](C)/C=C/C=C4\COC(C1=O)[C@@]42O)O[C@]1(C3)C[C@H](O)[C@H](C)[C@@H](/C(C)=C/C(C)C)O1. The lowest BCUT2D eigenvalue weighted by molar-refractivity contribution is -0.342. The van der Waals surface area contributed by atoms with Crippen molar-refractivity contribution in [3.05, 3.63) is 58.7 Å². The van der Waals surface area contributed by atoms with Gasteiger partial charge in [0.05, 0.1) is 24.9 Å². The first-order valence-corrected chi connectivity index (χ1v) is 16.2. The maximum absolute atomic E-state index is 14.0. The van der Waals surface area contributed by atoms with E-state index in [0.29, 0.717) is 29.9 Å². The highest BCUT2D eigenvalue weighted by Crippen LogP contribution is 2.47. The lowest BCUT2D eigenvalue weighted by Gasteiger charge is -2.51. The van der Waals surface area contributed by atoms with Crippen molar-refractivity contribution in [2.45, 2.75) is 122 Å². The van der Waals surface area contributed by atoms with Gasteiger partial charge in [-0.05, 0) is 62.2 Å². The molecule has 0 amide bonds. The zero-order chi connectivity index (χ0) is 32.0. The van der Waals surface area contributed by atoms with Crippen molar-refractivity contribution in [2.75, 3.05) is 6.61 Å². The van der Waals surface area contributed by atoms with E-state index in [2.05, 4.69) is 45.9 Å². The van der Waals surface area contributed by atoms with Gasteiger partial charge in [-0.3, -0.25) is 9.59 Å². The number of carbonyl (C=O) groups is 2. The van der Waals surface area contributed by atoms with Gasteiger partial charge in [0.15, 0.2) is 17.7 Å². The summed E-state index contributed by atoms with van der Waals surface area (Å²) in [6.07, 6.45) is 10.9. The van der Waals surface area contributed by atoms with Gasteiger partial charge in [0.1, 0.15) is 17.6 Å². The van der Waals surface area contributed by atoms with Crippen LogP contribution in [0.5, 0.6) is 0 Å². The van der Waals surface area contributed by atoms with Gasteiger partial charge in [-0.1, -0.05) is 69.7 Å². The molecule has 1 aliphatic carbocycles. The van der Waals surface area contributed by atoms with E-state index in [9.17, 15) is 19.8 Å². The number of ether oxygens (including phenoxy) is 4. The van der Waals surface area contributed by atoms with Crippen LogP contribution in [0.15, 0.2) is 58.7 Å². The average molecular weight is 611 g/mol. The van der Waals surface area contributed by atoms with Crippen LogP contribution in [0.1, 0.15) is 80.6 Å². The molecule has 0 aromatic carbocycles. The van der Waals surface area contributed by atoms with Crippen molar-refractivity contribution in [3.8, 4) is 0 Å². The molecule has 2 N–H and O–H groups in total. The second-order valence-electron chi connectivity index (χ2n) is 14.2. The summed E-state index contributed by atoms with van der Waals surface area (Å²) in [7, 11) is 0. The topological polar surface area (TPSA) is 112 Å². The molecular formula is C36H50O8. The third-order valence-corrected chi connectivity index (χ3v) is 9.92. The Bertz CT molecular complexity index is 1290. The minimum atomic E-state index is -1.84. The predicted molar refractivity (Wildman–Crippen MR) is 166 cm³/mol. The molecule has 5 aliphatic rings. The molecule has 0 radical (unpaired) electrons. The molecule has 8 nitrogen and oxygen atoms in total. The number of esters is 1. The first-order valence-electron chi connectivity index (χ1n) is 16.2. The van der Waals surface area contributed by atoms with Gasteiger partial charge in [-0.25, -0.2) is 0 Å². The molecule has 2 bridgehead atoms. The van der Waals surface area contributed by atoms with Crippen LogP contribution in [0.2, 0.25) is 0 Å². The third kappa shape index (κ3) is 6.47. The number of aliphatic hydroxyl groups is 2. The molecule has 1 unspecified atom stereocenters. The summed E-state index contributed by atoms with van der Waals surface area (Å²) in [6.45, 7) is 14.2. The summed E-state index contributed by atoms with van der Waals surface area (Å²) in [4.78, 5) is 27.1. The van der Waals surface area contributed by atoms with E-state index in [0.717, 1.165) is 12.0 Å². The van der Waals surface area contributed by atoms with Gasteiger partial charge in [0.2, 0.25) is 0 Å². The second-order valence-corrected chi connectivity index (χ2v) is 14.2. The fraction of sp³-hybridized carbons (Fsp3) is 0.667. The molecule has 0 saturated carbocycles. The Morgan fingerprint density at radius 1 is 1.11 bits per heavy atom. The van der Waals surface area contributed by atoms with Crippen molar-refractivity contribution in [1.29, 1.82) is 0 Å². The van der Waals surface area contributed by atoms with E-state index < -0.39 is 41.6 Å². The normalized spacial score (nSPS) is 45.1. The Morgan fingerprint density at radius 2 is 1.86 bits per heavy atom. The van der Waals surface area contributed by atoms with Crippen LogP contribution in [-0.4, -0.2) is 70.5 Å². The highest BCUT2D eigenvalue weighted by molar-refractivity contribution is 6.03. The Kier molecular flexibility index (Phi) is 9.60. The molecule has 1 spiro atoms. The maximum Gasteiger partial charge on any atom is 0.316 e. The van der Waals surface area contributed by atoms with E-state index >= 15 is 0 Å². The van der Waals surface area contributed by atoms with Crippen molar-refractivity contribution in [3.63, 3.8) is 0 Å². The molecule has 10 atom stereocenters. The summed E-state index contributed by atoms with van der Waals surface area (Å²) >= 11 is 0. The molecule has 242 valence electrons.